The summed E-state index contributed by atoms with van der Waals surface area (Å²) in [6.07, 6.45) is 0. The summed E-state index contributed by atoms with van der Waals surface area (Å²) in [5, 5.41) is 6.72. The van der Waals surface area contributed by atoms with Crippen molar-refractivity contribution in [3.63, 3.8) is 0 Å². The second-order valence-electron chi connectivity index (χ2n) is 4.52. The molecule has 0 aliphatic rings. The van der Waals surface area contributed by atoms with Crippen LogP contribution in [0.15, 0.2) is 24.3 Å². The maximum atomic E-state index is 10.6. The van der Waals surface area contributed by atoms with Crippen molar-refractivity contribution in [3.8, 4) is 0 Å². The smallest absolute Gasteiger partial charge is 0.370 e. The van der Waals surface area contributed by atoms with Gasteiger partial charge < -0.3 is 4.74 Å². The number of carbonyl (C=O) groups excluding carboxylic acids is 1. The van der Waals surface area contributed by atoms with Crippen molar-refractivity contribution >= 4 is 23.8 Å². The average Bonchev–Trinajstić information content (AvgIpc) is 2.15. The van der Waals surface area contributed by atoms with Crippen LogP contribution in [-0.2, 0) is 10.2 Å². The van der Waals surface area contributed by atoms with Crippen molar-refractivity contribution in [1.29, 1.82) is 5.41 Å². The Morgan fingerprint density at radius 2 is 1.75 bits per heavy atom. The lowest BCUT2D eigenvalue weighted by molar-refractivity contribution is 0.225. The van der Waals surface area contributed by atoms with Crippen LogP contribution in [0.4, 0.5) is 4.79 Å². The third-order valence-corrected chi connectivity index (χ3v) is 2.29. The molecule has 0 aliphatic carbocycles. The van der Waals surface area contributed by atoms with E-state index in [9.17, 15) is 4.79 Å². The monoisotopic (exact) mass is 237 g/mol. The molecule has 0 fully saturated rings. The van der Waals surface area contributed by atoms with E-state index in [1.54, 1.807) is 12.1 Å². The highest BCUT2D eigenvalue weighted by Crippen LogP contribution is 2.22. The van der Waals surface area contributed by atoms with Gasteiger partial charge in [-0.05, 0) is 23.1 Å². The molecule has 0 heterocycles. The van der Waals surface area contributed by atoms with Gasteiger partial charge in [-0.2, -0.15) is 0 Å². The van der Waals surface area contributed by atoms with Gasteiger partial charge in [-0.3, -0.25) is 5.41 Å². The van der Waals surface area contributed by atoms with Crippen LogP contribution in [0.2, 0.25) is 0 Å². The van der Waals surface area contributed by atoms with E-state index in [1.807, 2.05) is 12.1 Å². The molecule has 0 aliphatic heterocycles. The summed E-state index contributed by atoms with van der Waals surface area (Å²) in [5.41, 5.74) is 1.80. The summed E-state index contributed by atoms with van der Waals surface area (Å²) >= 11 is 3.45. The summed E-state index contributed by atoms with van der Waals surface area (Å²) in [4.78, 5) is 10.6. The Bertz CT molecular complexity index is 404. The van der Waals surface area contributed by atoms with Gasteiger partial charge in [0.1, 0.15) is 0 Å². The zero-order valence-electron chi connectivity index (χ0n) is 9.57. The first-order chi connectivity index (χ1) is 7.30. The fourth-order valence-corrected chi connectivity index (χ4v) is 1.36. The lowest BCUT2D eigenvalue weighted by Crippen LogP contribution is -2.12. The van der Waals surface area contributed by atoms with Gasteiger partial charge in [0.15, 0.2) is 0 Å². The fourth-order valence-electron chi connectivity index (χ4n) is 1.27. The number of thiol groups is 1. The van der Waals surface area contributed by atoms with Crippen molar-refractivity contribution in [3.05, 3.63) is 35.4 Å². The molecule has 0 amide bonds. The van der Waals surface area contributed by atoms with Crippen molar-refractivity contribution in [2.45, 2.75) is 26.2 Å². The molecule has 1 rings (SSSR count). The minimum Gasteiger partial charge on any atom is -0.399 e. The number of carbonyl (C=O) groups is 1. The van der Waals surface area contributed by atoms with E-state index in [0.29, 0.717) is 5.56 Å². The normalized spacial score (nSPS) is 11.0. The molecule has 0 bridgehead atoms. The molecule has 0 radical (unpaired) electrons. The predicted molar refractivity (Wildman–Crippen MR) is 67.4 cm³/mol. The van der Waals surface area contributed by atoms with Crippen LogP contribution in [0.3, 0.4) is 0 Å². The van der Waals surface area contributed by atoms with Gasteiger partial charge in [0.05, 0.1) is 0 Å². The minimum atomic E-state index is -0.773. The SMILES string of the molecule is CC(C)(C)c1ccc(C(=N)OC(=O)S)cc1. The molecule has 3 nitrogen and oxygen atoms in total. The number of rotatable bonds is 1. The van der Waals surface area contributed by atoms with Crippen LogP contribution < -0.4 is 0 Å². The first kappa shape index (κ1) is 12.8. The Kier molecular flexibility index (Phi) is 3.75. The molecule has 4 heteroatoms. The van der Waals surface area contributed by atoms with Crippen LogP contribution in [0.25, 0.3) is 0 Å². The zero-order valence-corrected chi connectivity index (χ0v) is 10.5. The van der Waals surface area contributed by atoms with Crippen LogP contribution in [0, 0.1) is 5.41 Å². The zero-order chi connectivity index (χ0) is 12.3. The quantitative estimate of drug-likeness (QED) is 0.340. The lowest BCUT2D eigenvalue weighted by atomic mass is 9.87. The number of nitrogens with one attached hydrogen (secondary N) is 1. The number of hydrogen-bond donors (Lipinski definition) is 2. The Hall–Kier alpha value is -1.29. The van der Waals surface area contributed by atoms with Crippen LogP contribution in [-0.4, -0.2) is 11.2 Å². The summed E-state index contributed by atoms with van der Waals surface area (Å²) in [7, 11) is 0. The van der Waals surface area contributed by atoms with Crippen molar-refractivity contribution < 1.29 is 9.53 Å². The van der Waals surface area contributed by atoms with Gasteiger partial charge in [0, 0.05) is 5.56 Å². The van der Waals surface area contributed by atoms with Gasteiger partial charge >= 0.3 is 5.30 Å². The molecule has 0 saturated carbocycles. The molecule has 0 saturated heterocycles. The second kappa shape index (κ2) is 4.70. The van der Waals surface area contributed by atoms with Crippen LogP contribution >= 0.6 is 12.6 Å². The molecule has 16 heavy (non-hydrogen) atoms. The highest BCUT2D eigenvalue weighted by molar-refractivity contribution is 7.96. The Morgan fingerprint density at radius 3 is 2.12 bits per heavy atom. The average molecular weight is 237 g/mol. The molecule has 1 N–H and O–H groups in total. The molecular formula is C12H15NO2S. The van der Waals surface area contributed by atoms with E-state index in [4.69, 9.17) is 5.41 Å². The van der Waals surface area contributed by atoms with Crippen molar-refractivity contribution in [2.75, 3.05) is 0 Å². The first-order valence-corrected chi connectivity index (χ1v) is 5.35. The molecule has 0 spiro atoms. The van der Waals surface area contributed by atoms with Gasteiger partial charge in [-0.1, -0.05) is 45.5 Å². The minimum absolute atomic E-state index is 0.0704. The number of ether oxygens (including phenoxy) is 1. The third-order valence-electron chi connectivity index (χ3n) is 2.20. The fraction of sp³-hybridized carbons (Fsp3) is 0.333. The summed E-state index contributed by atoms with van der Waals surface area (Å²) in [5.74, 6) is -0.180. The van der Waals surface area contributed by atoms with E-state index in [-0.39, 0.29) is 11.3 Å². The summed E-state index contributed by atoms with van der Waals surface area (Å²) < 4.78 is 4.57. The number of benzene rings is 1. The topological polar surface area (TPSA) is 50.1 Å². The molecule has 0 aromatic heterocycles. The molecule has 86 valence electrons. The highest BCUT2D eigenvalue weighted by atomic mass is 32.1. The van der Waals surface area contributed by atoms with Gasteiger partial charge in [-0.25, -0.2) is 4.79 Å². The second-order valence-corrected chi connectivity index (χ2v) is 4.89. The largest absolute Gasteiger partial charge is 0.399 e. The van der Waals surface area contributed by atoms with E-state index in [1.165, 1.54) is 5.56 Å². The van der Waals surface area contributed by atoms with E-state index >= 15 is 0 Å². The van der Waals surface area contributed by atoms with Gasteiger partial charge in [0.2, 0.25) is 5.90 Å². The van der Waals surface area contributed by atoms with Crippen LogP contribution in [0.5, 0.6) is 0 Å². The van der Waals surface area contributed by atoms with Gasteiger partial charge in [-0.15, -0.1) is 0 Å². The summed E-state index contributed by atoms with van der Waals surface area (Å²) in [6, 6.07) is 7.38. The van der Waals surface area contributed by atoms with E-state index in [0.717, 1.165) is 0 Å². The molecule has 0 unspecified atom stereocenters. The molecule has 1 aromatic carbocycles. The molecule has 0 atom stereocenters. The Morgan fingerprint density at radius 1 is 1.25 bits per heavy atom. The maximum Gasteiger partial charge on any atom is 0.370 e. The first-order valence-electron chi connectivity index (χ1n) is 4.91. The standard InChI is InChI=1S/C12H15NO2S/c1-12(2,3)9-6-4-8(5-7-9)10(13)15-11(14)16/h4-7,13H,1-3H3,(H,14,16). The van der Waals surface area contributed by atoms with E-state index in [2.05, 4.69) is 38.1 Å². The Labute approximate surface area is 101 Å². The third kappa shape index (κ3) is 3.38. The number of hydrogen-bond acceptors (Lipinski definition) is 3. The van der Waals surface area contributed by atoms with Crippen molar-refractivity contribution in [2.24, 2.45) is 0 Å². The maximum absolute atomic E-state index is 10.6. The summed E-state index contributed by atoms with van der Waals surface area (Å²) in [6.45, 7) is 6.34. The molecule has 1 aromatic rings. The molecular weight excluding hydrogens is 222 g/mol. The van der Waals surface area contributed by atoms with E-state index < -0.39 is 5.30 Å². The van der Waals surface area contributed by atoms with Crippen LogP contribution in [0.1, 0.15) is 31.9 Å². The highest BCUT2D eigenvalue weighted by Gasteiger charge is 2.14. The predicted octanol–water partition coefficient (Wildman–Crippen LogP) is 3.38. The van der Waals surface area contributed by atoms with Crippen molar-refractivity contribution in [1.82, 2.24) is 0 Å². The lowest BCUT2D eigenvalue weighted by Gasteiger charge is -2.19. The van der Waals surface area contributed by atoms with Gasteiger partial charge in [0.25, 0.3) is 0 Å². The Balaban J connectivity index is 2.87.